The van der Waals surface area contributed by atoms with Crippen LogP contribution >= 0.6 is 11.3 Å². The van der Waals surface area contributed by atoms with Gasteiger partial charge in [0.25, 0.3) is 0 Å². The summed E-state index contributed by atoms with van der Waals surface area (Å²) >= 11 is 1.46. The quantitative estimate of drug-likeness (QED) is 0.491. The predicted molar refractivity (Wildman–Crippen MR) is 109 cm³/mol. The van der Waals surface area contributed by atoms with Crippen molar-refractivity contribution in [2.24, 2.45) is 0 Å². The summed E-state index contributed by atoms with van der Waals surface area (Å²) in [6.45, 7) is 0. The number of methoxy groups -OCH3 is 3. The van der Waals surface area contributed by atoms with E-state index in [0.717, 1.165) is 16.1 Å². The first-order valence-corrected chi connectivity index (χ1v) is 9.31. The summed E-state index contributed by atoms with van der Waals surface area (Å²) in [5.41, 5.74) is 1.88. The Balaban J connectivity index is 1.74. The summed E-state index contributed by atoms with van der Waals surface area (Å²) in [7, 11) is 4.73. The maximum absolute atomic E-state index is 5.43. The van der Waals surface area contributed by atoms with Gasteiger partial charge in [-0.1, -0.05) is 47.7 Å². The summed E-state index contributed by atoms with van der Waals surface area (Å²) in [4.78, 5) is 0.705. The highest BCUT2D eigenvalue weighted by Gasteiger charge is 2.18. The molecule has 2 aromatic carbocycles. The molecule has 0 saturated carbocycles. The molecule has 0 radical (unpaired) electrons. The van der Waals surface area contributed by atoms with Gasteiger partial charge in [-0.25, -0.2) is 0 Å². The van der Waals surface area contributed by atoms with Crippen LogP contribution in [0, 0.1) is 0 Å². The van der Waals surface area contributed by atoms with Gasteiger partial charge in [-0.2, -0.15) is 9.61 Å². The van der Waals surface area contributed by atoms with E-state index in [1.807, 2.05) is 54.6 Å². The lowest BCUT2D eigenvalue weighted by molar-refractivity contribution is 0.324. The number of hydrogen-bond acceptors (Lipinski definition) is 7. The van der Waals surface area contributed by atoms with Crippen molar-refractivity contribution < 1.29 is 14.2 Å². The van der Waals surface area contributed by atoms with Crippen molar-refractivity contribution in [3.8, 4) is 28.6 Å². The number of rotatable bonds is 6. The van der Waals surface area contributed by atoms with Gasteiger partial charge in [0.1, 0.15) is 5.01 Å². The lowest BCUT2D eigenvalue weighted by Gasteiger charge is -2.13. The van der Waals surface area contributed by atoms with Crippen molar-refractivity contribution in [1.82, 2.24) is 19.8 Å². The van der Waals surface area contributed by atoms with Crippen LogP contribution in [-0.4, -0.2) is 41.1 Å². The van der Waals surface area contributed by atoms with Gasteiger partial charge in [0.15, 0.2) is 17.3 Å². The third-order valence-corrected chi connectivity index (χ3v) is 5.01. The van der Waals surface area contributed by atoms with E-state index in [2.05, 4.69) is 15.3 Å². The molecule has 0 spiro atoms. The summed E-state index contributed by atoms with van der Waals surface area (Å²) in [5, 5.41) is 14.0. The summed E-state index contributed by atoms with van der Waals surface area (Å²) in [6, 6.07) is 13.7. The van der Waals surface area contributed by atoms with E-state index in [1.165, 1.54) is 11.3 Å². The van der Waals surface area contributed by atoms with Crippen molar-refractivity contribution in [3.05, 3.63) is 53.0 Å². The lowest BCUT2D eigenvalue weighted by Crippen LogP contribution is -1.97. The minimum absolute atomic E-state index is 0.527. The van der Waals surface area contributed by atoms with Crippen LogP contribution in [0.3, 0.4) is 0 Å². The molecule has 0 unspecified atom stereocenters. The first-order chi connectivity index (χ1) is 13.7. The molecule has 142 valence electrons. The highest BCUT2D eigenvalue weighted by molar-refractivity contribution is 7.17. The molecule has 0 amide bonds. The Bertz CT molecular complexity index is 1110. The molecule has 28 heavy (non-hydrogen) atoms. The van der Waals surface area contributed by atoms with Crippen LogP contribution in [-0.2, 0) is 0 Å². The first kappa shape index (κ1) is 18.0. The zero-order chi connectivity index (χ0) is 19.5. The van der Waals surface area contributed by atoms with E-state index in [4.69, 9.17) is 14.2 Å². The van der Waals surface area contributed by atoms with E-state index < -0.39 is 0 Å². The SMILES string of the molecule is COc1cc(-c2nnc3sc(/C=C\c4ccccc4)nn23)cc(OC)c1OC. The molecule has 7 nitrogen and oxygen atoms in total. The monoisotopic (exact) mass is 394 g/mol. The van der Waals surface area contributed by atoms with Gasteiger partial charge in [-0.3, -0.25) is 0 Å². The summed E-state index contributed by atoms with van der Waals surface area (Å²) in [6.07, 6.45) is 3.98. The third kappa shape index (κ3) is 3.29. The fourth-order valence-electron chi connectivity index (χ4n) is 2.82. The maximum atomic E-state index is 5.43. The van der Waals surface area contributed by atoms with Gasteiger partial charge in [0.05, 0.1) is 21.3 Å². The Labute approximate surface area is 165 Å². The second-order valence-electron chi connectivity index (χ2n) is 5.82. The van der Waals surface area contributed by atoms with Crippen LogP contribution in [0.4, 0.5) is 0 Å². The molecule has 0 aliphatic carbocycles. The molecule has 8 heteroatoms. The Hall–Kier alpha value is -3.39. The van der Waals surface area contributed by atoms with Gasteiger partial charge in [0.2, 0.25) is 10.7 Å². The second kappa shape index (κ2) is 7.69. The fraction of sp³-hybridized carbons (Fsp3) is 0.150. The van der Waals surface area contributed by atoms with Crippen LogP contribution in [0.25, 0.3) is 28.5 Å². The van der Waals surface area contributed by atoms with Crippen molar-refractivity contribution in [1.29, 1.82) is 0 Å². The molecule has 0 N–H and O–H groups in total. The van der Waals surface area contributed by atoms with Crippen LogP contribution in [0.5, 0.6) is 17.2 Å². The van der Waals surface area contributed by atoms with E-state index in [9.17, 15) is 0 Å². The van der Waals surface area contributed by atoms with E-state index in [-0.39, 0.29) is 0 Å². The van der Waals surface area contributed by atoms with Gasteiger partial charge < -0.3 is 14.2 Å². The zero-order valence-corrected chi connectivity index (χ0v) is 16.4. The molecule has 0 saturated heterocycles. The van der Waals surface area contributed by atoms with Gasteiger partial charge in [-0.05, 0) is 23.8 Å². The van der Waals surface area contributed by atoms with Crippen LogP contribution in [0.2, 0.25) is 0 Å². The zero-order valence-electron chi connectivity index (χ0n) is 15.6. The van der Waals surface area contributed by atoms with Crippen LogP contribution < -0.4 is 14.2 Å². The Morgan fingerprint density at radius 2 is 1.61 bits per heavy atom. The second-order valence-corrected chi connectivity index (χ2v) is 6.80. The molecule has 2 aromatic heterocycles. The molecular weight excluding hydrogens is 376 g/mol. The minimum Gasteiger partial charge on any atom is -0.493 e. The number of aromatic nitrogens is 4. The highest BCUT2D eigenvalue weighted by atomic mass is 32.1. The fourth-order valence-corrected chi connectivity index (χ4v) is 3.56. The summed E-state index contributed by atoms with van der Waals surface area (Å²) < 4.78 is 18.0. The van der Waals surface area contributed by atoms with Gasteiger partial charge in [0, 0.05) is 5.56 Å². The van der Waals surface area contributed by atoms with Crippen LogP contribution in [0.1, 0.15) is 10.6 Å². The van der Waals surface area contributed by atoms with Gasteiger partial charge >= 0.3 is 0 Å². The van der Waals surface area contributed by atoms with Crippen molar-refractivity contribution >= 4 is 28.4 Å². The standard InChI is InChI=1S/C20H18N4O3S/c1-25-15-11-14(12-16(26-2)18(15)27-3)19-21-22-20-24(19)23-17(28-20)10-9-13-7-5-4-6-8-13/h4-12H,1-3H3/b10-9-. The smallest absolute Gasteiger partial charge is 0.235 e. The Morgan fingerprint density at radius 3 is 2.25 bits per heavy atom. The van der Waals surface area contributed by atoms with Crippen LogP contribution in [0.15, 0.2) is 42.5 Å². The Morgan fingerprint density at radius 1 is 0.893 bits per heavy atom. The summed E-state index contributed by atoms with van der Waals surface area (Å²) in [5.74, 6) is 2.23. The highest BCUT2D eigenvalue weighted by Crippen LogP contribution is 2.41. The van der Waals surface area contributed by atoms with Crippen molar-refractivity contribution in [2.75, 3.05) is 21.3 Å². The molecule has 0 aliphatic rings. The van der Waals surface area contributed by atoms with Crippen molar-refractivity contribution in [3.63, 3.8) is 0 Å². The number of hydrogen-bond donors (Lipinski definition) is 0. The van der Waals surface area contributed by atoms with E-state index >= 15 is 0 Å². The van der Waals surface area contributed by atoms with Gasteiger partial charge in [-0.15, -0.1) is 10.2 Å². The normalized spacial score (nSPS) is 11.2. The molecule has 2 heterocycles. The Kier molecular flexibility index (Phi) is 4.94. The number of nitrogens with zero attached hydrogens (tertiary/aromatic N) is 4. The predicted octanol–water partition coefficient (Wildman–Crippen LogP) is 4.05. The molecule has 0 fully saturated rings. The van der Waals surface area contributed by atoms with E-state index in [1.54, 1.807) is 25.8 Å². The third-order valence-electron chi connectivity index (χ3n) is 4.15. The lowest BCUT2D eigenvalue weighted by atomic mass is 10.1. The number of benzene rings is 2. The molecule has 4 aromatic rings. The average Bonchev–Trinajstić information content (AvgIpc) is 3.32. The molecular formula is C20H18N4O3S. The largest absolute Gasteiger partial charge is 0.493 e. The number of ether oxygens (including phenoxy) is 3. The van der Waals surface area contributed by atoms with Crippen molar-refractivity contribution in [2.45, 2.75) is 0 Å². The molecule has 0 aliphatic heterocycles. The average molecular weight is 394 g/mol. The number of fused-ring (bicyclic) bond motifs is 1. The minimum atomic E-state index is 0.527. The van der Waals surface area contributed by atoms with E-state index in [0.29, 0.717) is 28.0 Å². The molecule has 0 atom stereocenters. The topological polar surface area (TPSA) is 70.8 Å². The molecule has 0 bridgehead atoms. The maximum Gasteiger partial charge on any atom is 0.235 e. The molecule has 4 rings (SSSR count). The first-order valence-electron chi connectivity index (χ1n) is 8.49.